The molecule has 34 heavy (non-hydrogen) atoms. The van der Waals surface area contributed by atoms with Gasteiger partial charge < -0.3 is 10.6 Å². The van der Waals surface area contributed by atoms with E-state index in [9.17, 15) is 9.18 Å². The molecule has 6 nitrogen and oxygen atoms in total. The molecule has 2 fully saturated rings. The van der Waals surface area contributed by atoms with Crippen molar-refractivity contribution in [3.05, 3.63) is 77.4 Å². The molecule has 3 aromatic rings. The first kappa shape index (κ1) is 22.5. The molecule has 5 rings (SSSR count). The number of aromatic nitrogens is 2. The fourth-order valence-electron chi connectivity index (χ4n) is 5.18. The molecule has 0 bridgehead atoms. The Hall–Kier alpha value is -3.32. The van der Waals surface area contributed by atoms with Crippen LogP contribution in [-0.4, -0.2) is 45.3 Å². The number of nitrogen functional groups attached to an aromatic ring is 1. The van der Waals surface area contributed by atoms with Crippen LogP contribution in [0, 0.1) is 5.82 Å². The van der Waals surface area contributed by atoms with E-state index in [1.54, 1.807) is 18.3 Å². The topological polar surface area (TPSA) is 75.3 Å². The summed E-state index contributed by atoms with van der Waals surface area (Å²) in [6, 6.07) is 14.0. The fourth-order valence-corrected chi connectivity index (χ4v) is 5.18. The Morgan fingerprint density at radius 1 is 1.00 bits per heavy atom. The maximum Gasteiger partial charge on any atom is 0.254 e. The normalized spacial score (nSPS) is 18.9. The Bertz CT molecular complexity index is 1160. The Labute approximate surface area is 199 Å². The van der Waals surface area contributed by atoms with Crippen LogP contribution in [0.2, 0.25) is 0 Å². The average molecular weight is 460 g/mol. The monoisotopic (exact) mass is 459 g/mol. The third-order valence-electron chi connectivity index (χ3n) is 6.91. The van der Waals surface area contributed by atoms with Crippen molar-refractivity contribution in [3.63, 3.8) is 0 Å². The number of halogens is 1. The van der Waals surface area contributed by atoms with Crippen molar-refractivity contribution in [2.24, 2.45) is 0 Å². The van der Waals surface area contributed by atoms with E-state index in [1.807, 2.05) is 23.1 Å². The van der Waals surface area contributed by atoms with E-state index in [2.05, 4.69) is 20.9 Å². The lowest BCUT2D eigenvalue weighted by Gasteiger charge is -2.37. The van der Waals surface area contributed by atoms with Crippen LogP contribution >= 0.6 is 0 Å². The second-order valence-electron chi connectivity index (χ2n) is 9.18. The minimum Gasteiger partial charge on any atom is -0.368 e. The quantitative estimate of drug-likeness (QED) is 0.592. The summed E-state index contributed by atoms with van der Waals surface area (Å²) in [6.45, 7) is 3.61. The lowest BCUT2D eigenvalue weighted by atomic mass is 9.92. The summed E-state index contributed by atoms with van der Waals surface area (Å²) in [4.78, 5) is 27.1. The van der Waals surface area contributed by atoms with Crippen LogP contribution in [0.4, 0.5) is 10.3 Å². The minimum atomic E-state index is -0.300. The van der Waals surface area contributed by atoms with E-state index in [0.29, 0.717) is 6.54 Å². The molecule has 0 aliphatic carbocycles. The molecule has 3 heterocycles. The van der Waals surface area contributed by atoms with Crippen molar-refractivity contribution < 1.29 is 9.18 Å². The highest BCUT2D eigenvalue weighted by Gasteiger charge is 2.33. The van der Waals surface area contributed by atoms with Gasteiger partial charge in [0.2, 0.25) is 5.95 Å². The molecule has 0 spiro atoms. The zero-order valence-corrected chi connectivity index (χ0v) is 19.3. The molecule has 2 aliphatic rings. The molecular formula is C27H30FN5O. The van der Waals surface area contributed by atoms with Crippen molar-refractivity contribution in [1.29, 1.82) is 0 Å². The standard InChI is InChI=1S/C27H30FN5O/c28-21-12-10-19(11-13-21)23-17-30-27(29)31-25(23)24-9-3-4-16-33(24)26(34)22-8-2-1-7-20(22)18-32-14-5-6-15-32/h1-2,7-8,10-13,17,24H,3-6,9,14-16,18H2,(H2,29,30,31). The van der Waals surface area contributed by atoms with Gasteiger partial charge in [-0.2, -0.15) is 0 Å². The van der Waals surface area contributed by atoms with Gasteiger partial charge in [-0.1, -0.05) is 30.3 Å². The third-order valence-corrected chi connectivity index (χ3v) is 6.91. The molecule has 2 aromatic carbocycles. The number of nitrogens with zero attached hydrogens (tertiary/aromatic N) is 4. The zero-order valence-electron chi connectivity index (χ0n) is 19.3. The van der Waals surface area contributed by atoms with E-state index in [-0.39, 0.29) is 23.7 Å². The van der Waals surface area contributed by atoms with Crippen LogP contribution in [0.5, 0.6) is 0 Å². The van der Waals surface area contributed by atoms with Crippen molar-refractivity contribution in [1.82, 2.24) is 19.8 Å². The summed E-state index contributed by atoms with van der Waals surface area (Å²) in [5.74, 6) is -0.0965. The minimum absolute atomic E-state index is 0.0294. The van der Waals surface area contributed by atoms with E-state index in [0.717, 1.165) is 66.8 Å². The summed E-state index contributed by atoms with van der Waals surface area (Å²) < 4.78 is 13.6. The number of carbonyl (C=O) groups excluding carboxylic acids is 1. The van der Waals surface area contributed by atoms with E-state index in [1.165, 1.54) is 25.0 Å². The number of piperidine rings is 1. The summed E-state index contributed by atoms with van der Waals surface area (Å²) in [5.41, 5.74) is 10.1. The number of amides is 1. The number of nitrogens with two attached hydrogens (primary N) is 1. The number of anilines is 1. The first-order valence-electron chi connectivity index (χ1n) is 12.1. The molecule has 1 amide bonds. The summed E-state index contributed by atoms with van der Waals surface area (Å²) >= 11 is 0. The molecule has 1 aromatic heterocycles. The molecule has 176 valence electrons. The first-order chi connectivity index (χ1) is 16.6. The molecule has 1 atom stereocenters. The number of rotatable bonds is 5. The highest BCUT2D eigenvalue weighted by molar-refractivity contribution is 5.96. The van der Waals surface area contributed by atoms with Gasteiger partial charge in [0, 0.05) is 30.4 Å². The van der Waals surface area contributed by atoms with E-state index < -0.39 is 0 Å². The molecule has 0 radical (unpaired) electrons. The molecule has 0 saturated carbocycles. The summed E-state index contributed by atoms with van der Waals surface area (Å²) in [6.07, 6.45) is 6.85. The predicted molar refractivity (Wildman–Crippen MR) is 130 cm³/mol. The molecule has 1 unspecified atom stereocenters. The number of hydrogen-bond donors (Lipinski definition) is 1. The highest BCUT2D eigenvalue weighted by Crippen LogP contribution is 2.37. The van der Waals surface area contributed by atoms with Gasteiger partial charge in [0.1, 0.15) is 5.82 Å². The third kappa shape index (κ3) is 4.66. The van der Waals surface area contributed by atoms with Gasteiger partial charge in [-0.15, -0.1) is 0 Å². The Morgan fingerprint density at radius 2 is 1.74 bits per heavy atom. The number of hydrogen-bond acceptors (Lipinski definition) is 5. The summed E-state index contributed by atoms with van der Waals surface area (Å²) in [7, 11) is 0. The first-order valence-corrected chi connectivity index (χ1v) is 12.1. The van der Waals surface area contributed by atoms with Crippen LogP contribution in [0.25, 0.3) is 11.1 Å². The molecular weight excluding hydrogens is 429 g/mol. The largest absolute Gasteiger partial charge is 0.368 e. The number of likely N-dealkylation sites (tertiary alicyclic amines) is 2. The number of carbonyl (C=O) groups is 1. The molecule has 2 saturated heterocycles. The van der Waals surface area contributed by atoms with Gasteiger partial charge in [-0.3, -0.25) is 9.69 Å². The van der Waals surface area contributed by atoms with Crippen molar-refractivity contribution in [2.45, 2.75) is 44.7 Å². The average Bonchev–Trinajstić information content (AvgIpc) is 3.38. The maximum atomic E-state index is 13.9. The van der Waals surface area contributed by atoms with Gasteiger partial charge in [0.25, 0.3) is 5.91 Å². The van der Waals surface area contributed by atoms with Crippen molar-refractivity contribution in [3.8, 4) is 11.1 Å². The van der Waals surface area contributed by atoms with Crippen molar-refractivity contribution in [2.75, 3.05) is 25.4 Å². The van der Waals surface area contributed by atoms with Gasteiger partial charge in [-0.05, 0) is 74.5 Å². The van der Waals surface area contributed by atoms with Crippen LogP contribution in [0.15, 0.2) is 54.7 Å². The van der Waals surface area contributed by atoms with Gasteiger partial charge >= 0.3 is 0 Å². The van der Waals surface area contributed by atoms with Gasteiger partial charge in [-0.25, -0.2) is 14.4 Å². The Kier molecular flexibility index (Phi) is 6.54. The molecule has 7 heteroatoms. The lowest BCUT2D eigenvalue weighted by molar-refractivity contribution is 0.0604. The van der Waals surface area contributed by atoms with Gasteiger partial charge in [0.15, 0.2) is 0 Å². The van der Waals surface area contributed by atoms with Crippen LogP contribution in [0.1, 0.15) is 59.8 Å². The van der Waals surface area contributed by atoms with Crippen LogP contribution in [0.3, 0.4) is 0 Å². The molecule has 2 aliphatic heterocycles. The van der Waals surface area contributed by atoms with Crippen LogP contribution in [-0.2, 0) is 6.54 Å². The van der Waals surface area contributed by atoms with E-state index >= 15 is 0 Å². The Balaban J connectivity index is 1.50. The zero-order chi connectivity index (χ0) is 23.5. The molecule has 2 N–H and O–H groups in total. The highest BCUT2D eigenvalue weighted by atomic mass is 19.1. The van der Waals surface area contributed by atoms with Gasteiger partial charge in [0.05, 0.1) is 11.7 Å². The second kappa shape index (κ2) is 9.89. The maximum absolute atomic E-state index is 13.9. The Morgan fingerprint density at radius 3 is 2.53 bits per heavy atom. The fraction of sp³-hybridized carbons (Fsp3) is 0.370. The predicted octanol–water partition coefficient (Wildman–Crippen LogP) is 4.83. The second-order valence-corrected chi connectivity index (χ2v) is 9.18. The van der Waals surface area contributed by atoms with Crippen LogP contribution < -0.4 is 5.73 Å². The smallest absolute Gasteiger partial charge is 0.254 e. The lowest BCUT2D eigenvalue weighted by Crippen LogP contribution is -2.40. The SMILES string of the molecule is Nc1ncc(-c2ccc(F)cc2)c(C2CCCCN2C(=O)c2ccccc2CN2CCCC2)n1. The number of benzene rings is 2. The van der Waals surface area contributed by atoms with E-state index in [4.69, 9.17) is 5.73 Å². The van der Waals surface area contributed by atoms with Crippen molar-refractivity contribution >= 4 is 11.9 Å². The summed E-state index contributed by atoms with van der Waals surface area (Å²) in [5, 5.41) is 0.